The van der Waals surface area contributed by atoms with Crippen molar-refractivity contribution >= 4 is 44.6 Å². The molecule has 2 aliphatic heterocycles. The molecular weight excluding hydrogens is 673 g/mol. The third kappa shape index (κ3) is 8.25. The second-order valence-electron chi connectivity index (χ2n) is 14.9. The number of carbonyl (C=O) groups is 4. The van der Waals surface area contributed by atoms with Crippen LogP contribution in [-0.4, -0.2) is 78.8 Å². The van der Waals surface area contributed by atoms with Crippen LogP contribution in [0.25, 0.3) is 10.8 Å². The summed E-state index contributed by atoms with van der Waals surface area (Å²) in [5, 5.41) is 7.30. The van der Waals surface area contributed by atoms with Gasteiger partial charge in [-0.1, -0.05) is 61.4 Å². The maximum atomic E-state index is 14.4. The van der Waals surface area contributed by atoms with Gasteiger partial charge in [0, 0.05) is 18.9 Å². The first-order chi connectivity index (χ1) is 24.6. The maximum absolute atomic E-state index is 14.4. The molecule has 0 bridgehead atoms. The lowest BCUT2D eigenvalue weighted by atomic mass is 10.0. The highest BCUT2D eigenvalue weighted by atomic mass is 32.2. The standard InChI is InChI=1S/C38H48N4O8S/c43-34-33-21-30(49-24-25-16-17-26-10-6-7-11-27(26)20-25)23-42(33)35(44)32(39-37(46)50-29-13-8-9-14-29)15-5-3-1-2-4-12-28-22-38(28,40-34)36(45)41-51(47,48)31-18-19-31/h4,6-7,10-12,16-17,20,28-33H,1-3,5,8-9,13-15,18-19,21-24H2,(H,39,46)(H,40,43)(H,41,45)/b12-4-/t28-,30-,32+,33+,38-/m1/s1. The average molecular weight is 721 g/mol. The van der Waals surface area contributed by atoms with Crippen LogP contribution in [-0.2, 0) is 40.5 Å². The maximum Gasteiger partial charge on any atom is 0.408 e. The highest BCUT2D eigenvalue weighted by Gasteiger charge is 2.62. The van der Waals surface area contributed by atoms with Gasteiger partial charge in [0.2, 0.25) is 21.8 Å². The number of rotatable bonds is 8. The zero-order valence-electron chi connectivity index (χ0n) is 28.9. The van der Waals surface area contributed by atoms with Gasteiger partial charge >= 0.3 is 6.09 Å². The Labute approximate surface area is 299 Å². The number of alkyl carbamates (subject to hydrolysis) is 1. The fourth-order valence-corrected chi connectivity index (χ4v) is 9.12. The van der Waals surface area contributed by atoms with E-state index in [1.54, 1.807) is 0 Å². The summed E-state index contributed by atoms with van der Waals surface area (Å²) in [6.07, 6.45) is 10.9. The highest BCUT2D eigenvalue weighted by molar-refractivity contribution is 7.91. The minimum atomic E-state index is -3.85. The quantitative estimate of drug-likeness (QED) is 0.339. The Kier molecular flexibility index (Phi) is 10.4. The van der Waals surface area contributed by atoms with Crippen molar-refractivity contribution in [3.8, 4) is 0 Å². The molecule has 4 amide bonds. The van der Waals surface area contributed by atoms with Gasteiger partial charge in [-0.05, 0) is 86.6 Å². The summed E-state index contributed by atoms with van der Waals surface area (Å²) in [6, 6.07) is 12.2. The van der Waals surface area contributed by atoms with E-state index in [2.05, 4.69) is 21.4 Å². The van der Waals surface area contributed by atoms with Crippen molar-refractivity contribution < 1.29 is 37.1 Å². The molecular formula is C38H48N4O8S. The fraction of sp³-hybridized carbons (Fsp3) is 0.579. The summed E-state index contributed by atoms with van der Waals surface area (Å²) >= 11 is 0. The van der Waals surface area contributed by atoms with Gasteiger partial charge in [-0.3, -0.25) is 19.1 Å². The molecule has 3 saturated carbocycles. The molecule has 12 nitrogen and oxygen atoms in total. The molecule has 0 unspecified atom stereocenters. The Balaban J connectivity index is 1.12. The first-order valence-electron chi connectivity index (χ1n) is 18.5. The minimum Gasteiger partial charge on any atom is -0.446 e. The van der Waals surface area contributed by atoms with Crippen LogP contribution in [0.4, 0.5) is 4.79 Å². The van der Waals surface area contributed by atoms with Crippen LogP contribution in [0, 0.1) is 5.92 Å². The Morgan fingerprint density at radius 1 is 0.922 bits per heavy atom. The largest absolute Gasteiger partial charge is 0.446 e. The van der Waals surface area contributed by atoms with E-state index in [9.17, 15) is 27.6 Å². The van der Waals surface area contributed by atoms with E-state index in [4.69, 9.17) is 9.47 Å². The van der Waals surface area contributed by atoms with Crippen molar-refractivity contribution in [2.45, 2.75) is 125 Å². The molecule has 0 radical (unpaired) electrons. The third-order valence-electron chi connectivity index (χ3n) is 11.0. The van der Waals surface area contributed by atoms with E-state index in [-0.39, 0.29) is 38.0 Å². The number of nitrogens with zero attached hydrogens (tertiary/aromatic N) is 1. The van der Waals surface area contributed by atoms with Crippen LogP contribution in [0.3, 0.4) is 0 Å². The summed E-state index contributed by atoms with van der Waals surface area (Å²) in [6.45, 7) is 0.373. The van der Waals surface area contributed by atoms with Crippen molar-refractivity contribution in [3.63, 3.8) is 0 Å². The van der Waals surface area contributed by atoms with Gasteiger partial charge in [0.05, 0.1) is 18.0 Å². The number of benzene rings is 2. The van der Waals surface area contributed by atoms with E-state index >= 15 is 0 Å². The number of allylic oxidation sites excluding steroid dienone is 1. The number of nitrogens with one attached hydrogen (secondary N) is 3. The third-order valence-corrected chi connectivity index (χ3v) is 12.8. The van der Waals surface area contributed by atoms with E-state index in [1.807, 2.05) is 48.6 Å². The van der Waals surface area contributed by atoms with Crippen molar-refractivity contribution in [2.24, 2.45) is 5.92 Å². The van der Waals surface area contributed by atoms with Crippen molar-refractivity contribution in [1.29, 1.82) is 0 Å². The Hall–Kier alpha value is -3.97. The number of amides is 4. The predicted molar refractivity (Wildman–Crippen MR) is 190 cm³/mol. The van der Waals surface area contributed by atoms with Gasteiger partial charge < -0.3 is 25.0 Å². The normalized spacial score (nSPS) is 29.6. The average Bonchev–Trinajstić information content (AvgIpc) is 3.98. The first-order valence-corrected chi connectivity index (χ1v) is 20.1. The van der Waals surface area contributed by atoms with Crippen LogP contribution in [0.5, 0.6) is 0 Å². The summed E-state index contributed by atoms with van der Waals surface area (Å²) in [5.41, 5.74) is -0.500. The van der Waals surface area contributed by atoms with E-state index in [1.165, 1.54) is 4.90 Å². The molecule has 7 rings (SSSR count). The van der Waals surface area contributed by atoms with Crippen molar-refractivity contribution in [2.75, 3.05) is 6.54 Å². The monoisotopic (exact) mass is 720 g/mol. The lowest BCUT2D eigenvalue weighted by Crippen LogP contribution is -2.58. The summed E-state index contributed by atoms with van der Waals surface area (Å²) in [4.78, 5) is 56.7. The Morgan fingerprint density at radius 2 is 1.69 bits per heavy atom. The number of hydrogen-bond donors (Lipinski definition) is 3. The number of fused-ring (bicyclic) bond motifs is 3. The molecule has 0 spiro atoms. The second kappa shape index (κ2) is 14.9. The lowest BCUT2D eigenvalue weighted by Gasteiger charge is -2.30. The molecule has 0 aromatic heterocycles. The van der Waals surface area contributed by atoms with Gasteiger partial charge in [0.1, 0.15) is 23.7 Å². The van der Waals surface area contributed by atoms with Crippen LogP contribution >= 0.6 is 0 Å². The molecule has 2 aromatic rings. The Bertz CT molecular complexity index is 1790. The minimum absolute atomic E-state index is 0.110. The van der Waals surface area contributed by atoms with Crippen LogP contribution in [0.1, 0.15) is 89.0 Å². The molecule has 2 heterocycles. The molecule has 3 aliphatic carbocycles. The molecule has 13 heteroatoms. The smallest absolute Gasteiger partial charge is 0.408 e. The van der Waals surface area contributed by atoms with Gasteiger partial charge in [-0.25, -0.2) is 13.2 Å². The van der Waals surface area contributed by atoms with Crippen LogP contribution in [0.15, 0.2) is 54.6 Å². The number of hydrogen-bond acceptors (Lipinski definition) is 8. The van der Waals surface area contributed by atoms with Crippen molar-refractivity contribution in [1.82, 2.24) is 20.3 Å². The molecule has 274 valence electrons. The van der Waals surface area contributed by atoms with Crippen LogP contribution < -0.4 is 15.4 Å². The van der Waals surface area contributed by atoms with Gasteiger partial charge in [0.25, 0.3) is 5.91 Å². The van der Waals surface area contributed by atoms with Gasteiger partial charge in [-0.15, -0.1) is 0 Å². The fourth-order valence-electron chi connectivity index (χ4n) is 7.76. The highest BCUT2D eigenvalue weighted by Crippen LogP contribution is 2.46. The molecule has 2 aromatic carbocycles. The van der Waals surface area contributed by atoms with Crippen LogP contribution in [0.2, 0.25) is 0 Å². The molecule has 5 aliphatic rings. The summed E-state index contributed by atoms with van der Waals surface area (Å²) in [7, 11) is -3.85. The molecule has 1 saturated heterocycles. The zero-order chi connectivity index (χ0) is 35.6. The van der Waals surface area contributed by atoms with Gasteiger partial charge in [0.15, 0.2) is 0 Å². The molecule has 5 atom stereocenters. The van der Waals surface area contributed by atoms with Gasteiger partial charge in [-0.2, -0.15) is 0 Å². The first kappa shape index (κ1) is 35.4. The Morgan fingerprint density at radius 3 is 2.47 bits per heavy atom. The number of sulfonamides is 1. The molecule has 4 fully saturated rings. The molecule has 3 N–H and O–H groups in total. The van der Waals surface area contributed by atoms with E-state index < -0.39 is 62.8 Å². The van der Waals surface area contributed by atoms with Crippen molar-refractivity contribution in [3.05, 3.63) is 60.2 Å². The number of ether oxygens (including phenoxy) is 2. The lowest BCUT2D eigenvalue weighted by molar-refractivity contribution is -0.141. The predicted octanol–water partition coefficient (Wildman–Crippen LogP) is 4.37. The number of carbonyl (C=O) groups excluding carboxylic acids is 4. The summed E-state index contributed by atoms with van der Waals surface area (Å²) in [5.74, 6) is -2.11. The molecule has 51 heavy (non-hydrogen) atoms. The second-order valence-corrected chi connectivity index (χ2v) is 16.8. The van der Waals surface area contributed by atoms with E-state index in [0.717, 1.165) is 61.3 Å². The zero-order valence-corrected chi connectivity index (χ0v) is 29.7. The topological polar surface area (TPSA) is 160 Å². The van der Waals surface area contributed by atoms with E-state index in [0.29, 0.717) is 25.7 Å². The summed E-state index contributed by atoms with van der Waals surface area (Å²) < 4.78 is 39.8. The SMILES string of the molecule is O=C(N[C@H]1CCCCC/C=C\[C@@H]2C[C@@]2(C(=O)NS(=O)(=O)C2CC2)NC(=O)[C@@H]2C[C@@H](OCc3ccc4ccccc4c3)CN2C1=O)OC1CCCC1.